The molecule has 0 unspecified atom stereocenters. The number of ketones is 1. The fourth-order valence-corrected chi connectivity index (χ4v) is 2.46. The molecule has 0 atom stereocenters. The van der Waals surface area contributed by atoms with Gasteiger partial charge in [0, 0.05) is 0 Å². The van der Waals surface area contributed by atoms with Crippen LogP contribution in [-0.2, 0) is 4.79 Å². The summed E-state index contributed by atoms with van der Waals surface area (Å²) in [4.78, 5) is 11.2. The highest BCUT2D eigenvalue weighted by atomic mass is 16.5. The largest absolute Gasteiger partial charge is 0.486 e. The van der Waals surface area contributed by atoms with E-state index in [0.29, 0.717) is 5.75 Å². The summed E-state index contributed by atoms with van der Waals surface area (Å²) in [7, 11) is 0. The first-order valence-corrected chi connectivity index (χ1v) is 7.60. The Morgan fingerprint density at radius 3 is 1.65 bits per heavy atom. The summed E-state index contributed by atoms with van der Waals surface area (Å²) in [6.45, 7) is 1.62. The third-order valence-electron chi connectivity index (χ3n) is 3.56. The molecule has 0 bridgehead atoms. The zero-order chi connectivity index (χ0) is 16.1. The Bertz CT molecular complexity index is 735. The van der Waals surface area contributed by atoms with Crippen molar-refractivity contribution in [3.63, 3.8) is 0 Å². The van der Waals surface area contributed by atoms with Gasteiger partial charge in [0.25, 0.3) is 0 Å². The molecule has 0 N–H and O–H groups in total. The molecule has 0 heterocycles. The Hall–Kier alpha value is -2.87. The molecule has 23 heavy (non-hydrogen) atoms. The molecule has 0 saturated heterocycles. The van der Waals surface area contributed by atoms with Crippen LogP contribution in [0.5, 0.6) is 5.75 Å². The summed E-state index contributed by atoms with van der Waals surface area (Å²) < 4.78 is 5.64. The van der Waals surface area contributed by atoms with Crippen molar-refractivity contribution in [2.75, 3.05) is 6.61 Å². The number of Topliss-reactive ketones (excluding diaryl/α,β-unsaturated/α-hetero) is 1. The van der Waals surface area contributed by atoms with E-state index in [1.807, 2.05) is 48.5 Å². The summed E-state index contributed by atoms with van der Waals surface area (Å²) in [5.74, 6) is 0.719. The number of rotatable bonds is 5. The van der Waals surface area contributed by atoms with Gasteiger partial charge in [-0.3, -0.25) is 4.79 Å². The van der Waals surface area contributed by atoms with Crippen molar-refractivity contribution in [3.05, 3.63) is 78.9 Å². The minimum absolute atomic E-state index is 0.0105. The van der Waals surface area contributed by atoms with Crippen molar-refractivity contribution < 1.29 is 9.53 Å². The molecule has 3 rings (SSSR count). The predicted octanol–water partition coefficient (Wildman–Crippen LogP) is 4.99. The average Bonchev–Trinajstić information content (AvgIpc) is 2.61. The maximum absolute atomic E-state index is 11.2. The zero-order valence-corrected chi connectivity index (χ0v) is 13.0. The molecule has 0 saturated carbocycles. The standard InChI is InChI=1S/C21H18O2/c1-16(22)15-23-21-13-19(17-8-4-2-5-9-17)12-20(14-21)18-10-6-3-7-11-18/h2-14H,15H2,1H3. The lowest BCUT2D eigenvalue weighted by Crippen LogP contribution is -2.06. The lowest BCUT2D eigenvalue weighted by atomic mass is 9.98. The van der Waals surface area contributed by atoms with Crippen LogP contribution in [0, 0.1) is 0 Å². The number of carbonyl (C=O) groups excluding carboxylic acids is 1. The first-order chi connectivity index (χ1) is 11.2. The molecule has 0 aromatic heterocycles. The normalized spacial score (nSPS) is 10.3. The number of benzene rings is 3. The maximum Gasteiger partial charge on any atom is 0.167 e. The SMILES string of the molecule is CC(=O)COc1cc(-c2ccccc2)cc(-c2ccccc2)c1. The van der Waals surface area contributed by atoms with Crippen molar-refractivity contribution in [2.45, 2.75) is 6.92 Å². The molecule has 3 aromatic rings. The van der Waals surface area contributed by atoms with Gasteiger partial charge in [-0.25, -0.2) is 0 Å². The molecule has 0 radical (unpaired) electrons. The second-order valence-electron chi connectivity index (χ2n) is 5.47. The van der Waals surface area contributed by atoms with Crippen LogP contribution in [0.1, 0.15) is 6.92 Å². The zero-order valence-electron chi connectivity index (χ0n) is 13.0. The molecule has 3 aromatic carbocycles. The fraction of sp³-hybridized carbons (Fsp3) is 0.0952. The van der Waals surface area contributed by atoms with Gasteiger partial charge >= 0.3 is 0 Å². The average molecular weight is 302 g/mol. The van der Waals surface area contributed by atoms with E-state index in [-0.39, 0.29) is 12.4 Å². The van der Waals surface area contributed by atoms with E-state index in [0.717, 1.165) is 22.3 Å². The molecule has 0 spiro atoms. The first-order valence-electron chi connectivity index (χ1n) is 7.60. The first kappa shape index (κ1) is 15.0. The number of ether oxygens (including phenoxy) is 1. The van der Waals surface area contributed by atoms with E-state index in [1.54, 1.807) is 0 Å². The Labute approximate surface area is 136 Å². The molecular weight excluding hydrogens is 284 g/mol. The quantitative estimate of drug-likeness (QED) is 0.664. The van der Waals surface area contributed by atoms with Gasteiger partial charge < -0.3 is 4.74 Å². The van der Waals surface area contributed by atoms with Crippen LogP contribution in [0.3, 0.4) is 0 Å². The van der Waals surface area contributed by atoms with E-state index in [4.69, 9.17) is 4.74 Å². The summed E-state index contributed by atoms with van der Waals surface area (Å²) in [5.41, 5.74) is 4.40. The lowest BCUT2D eigenvalue weighted by Gasteiger charge is -2.11. The van der Waals surface area contributed by atoms with Gasteiger partial charge in [0.2, 0.25) is 0 Å². The summed E-state index contributed by atoms with van der Waals surface area (Å²) >= 11 is 0. The van der Waals surface area contributed by atoms with Gasteiger partial charge in [0.15, 0.2) is 5.78 Å². The number of carbonyl (C=O) groups is 1. The van der Waals surface area contributed by atoms with Crippen molar-refractivity contribution in [1.82, 2.24) is 0 Å². The van der Waals surface area contributed by atoms with Crippen LogP contribution in [0.25, 0.3) is 22.3 Å². The molecule has 0 aliphatic rings. The topological polar surface area (TPSA) is 26.3 Å². The second kappa shape index (κ2) is 6.93. The number of hydrogen-bond donors (Lipinski definition) is 0. The number of hydrogen-bond acceptors (Lipinski definition) is 2. The van der Waals surface area contributed by atoms with Gasteiger partial charge in [-0.2, -0.15) is 0 Å². The van der Waals surface area contributed by atoms with Crippen molar-refractivity contribution in [1.29, 1.82) is 0 Å². The van der Waals surface area contributed by atoms with Crippen LogP contribution in [-0.4, -0.2) is 12.4 Å². The summed E-state index contributed by atoms with van der Waals surface area (Å²) in [6, 6.07) is 26.4. The minimum Gasteiger partial charge on any atom is -0.486 e. The summed E-state index contributed by atoms with van der Waals surface area (Å²) in [6.07, 6.45) is 0. The third kappa shape index (κ3) is 3.86. The van der Waals surface area contributed by atoms with E-state index in [9.17, 15) is 4.79 Å². The predicted molar refractivity (Wildman–Crippen MR) is 93.5 cm³/mol. The van der Waals surface area contributed by atoms with E-state index >= 15 is 0 Å². The third-order valence-corrected chi connectivity index (χ3v) is 3.56. The Morgan fingerprint density at radius 1 is 0.739 bits per heavy atom. The van der Waals surface area contributed by atoms with E-state index in [1.165, 1.54) is 6.92 Å². The van der Waals surface area contributed by atoms with Gasteiger partial charge in [-0.05, 0) is 47.4 Å². The summed E-state index contributed by atoms with van der Waals surface area (Å²) in [5, 5.41) is 0. The lowest BCUT2D eigenvalue weighted by molar-refractivity contribution is -0.118. The molecule has 2 nitrogen and oxygen atoms in total. The van der Waals surface area contributed by atoms with Gasteiger partial charge in [0.05, 0.1) is 0 Å². The minimum atomic E-state index is 0.0105. The smallest absolute Gasteiger partial charge is 0.167 e. The molecular formula is C21H18O2. The van der Waals surface area contributed by atoms with E-state index in [2.05, 4.69) is 30.3 Å². The van der Waals surface area contributed by atoms with Crippen LogP contribution < -0.4 is 4.74 Å². The molecule has 0 amide bonds. The highest BCUT2D eigenvalue weighted by molar-refractivity contribution is 5.78. The fourth-order valence-electron chi connectivity index (χ4n) is 2.46. The Balaban J connectivity index is 2.05. The van der Waals surface area contributed by atoms with Gasteiger partial charge in [-0.15, -0.1) is 0 Å². The second-order valence-corrected chi connectivity index (χ2v) is 5.47. The Kier molecular flexibility index (Phi) is 4.53. The van der Waals surface area contributed by atoms with Crippen LogP contribution >= 0.6 is 0 Å². The van der Waals surface area contributed by atoms with Crippen LogP contribution in [0.15, 0.2) is 78.9 Å². The van der Waals surface area contributed by atoms with Crippen LogP contribution in [0.4, 0.5) is 0 Å². The molecule has 0 fully saturated rings. The van der Waals surface area contributed by atoms with E-state index < -0.39 is 0 Å². The maximum atomic E-state index is 11.2. The van der Waals surface area contributed by atoms with Crippen LogP contribution in [0.2, 0.25) is 0 Å². The molecule has 2 heteroatoms. The molecule has 0 aliphatic carbocycles. The van der Waals surface area contributed by atoms with Gasteiger partial charge in [-0.1, -0.05) is 60.7 Å². The molecule has 114 valence electrons. The van der Waals surface area contributed by atoms with Crippen molar-refractivity contribution in [2.24, 2.45) is 0 Å². The monoisotopic (exact) mass is 302 g/mol. The van der Waals surface area contributed by atoms with Crippen molar-refractivity contribution >= 4 is 5.78 Å². The van der Waals surface area contributed by atoms with Gasteiger partial charge in [0.1, 0.15) is 12.4 Å². The van der Waals surface area contributed by atoms with Crippen molar-refractivity contribution in [3.8, 4) is 28.0 Å². The molecule has 0 aliphatic heterocycles. The highest BCUT2D eigenvalue weighted by Gasteiger charge is 2.07. The highest BCUT2D eigenvalue weighted by Crippen LogP contribution is 2.31. The Morgan fingerprint density at radius 2 is 1.22 bits per heavy atom.